The van der Waals surface area contributed by atoms with Crippen LogP contribution in [-0.4, -0.2) is 151 Å². The van der Waals surface area contributed by atoms with Crippen LogP contribution >= 0.6 is 19.2 Å². The lowest BCUT2D eigenvalue weighted by Crippen LogP contribution is -2.46. The molecule has 4 aromatic carbocycles. The Bertz CT molecular complexity index is 2690. The van der Waals surface area contributed by atoms with Gasteiger partial charge in [0.25, 0.3) is 0 Å². The fourth-order valence-corrected chi connectivity index (χ4v) is 10.3. The Balaban J connectivity index is 0.878. The third-order valence-corrected chi connectivity index (χ3v) is 15.0. The fraction of sp³-hybridized carbons (Fsp3) is 0.426. The molecule has 400 valence electrons. The molecule has 0 spiro atoms. The maximum Gasteiger partial charge on any atom is 0.367 e. The summed E-state index contributed by atoms with van der Waals surface area (Å²) >= 11 is 6.54. The maximum absolute atomic E-state index is 15.4. The smallest absolute Gasteiger partial charge is 0.367 e. The molecule has 4 heterocycles. The van der Waals surface area contributed by atoms with Gasteiger partial charge in [0.15, 0.2) is 11.9 Å². The minimum absolute atomic E-state index is 0.0530. The van der Waals surface area contributed by atoms with Gasteiger partial charge in [0, 0.05) is 19.0 Å². The van der Waals surface area contributed by atoms with E-state index in [0.717, 1.165) is 16.9 Å². The Morgan fingerprint density at radius 3 is 1.85 bits per heavy atom. The molecule has 75 heavy (non-hydrogen) atoms. The van der Waals surface area contributed by atoms with E-state index in [-0.39, 0.29) is 43.3 Å². The molecule has 2 saturated heterocycles. The molecule has 2 aliphatic heterocycles. The molecule has 0 bridgehead atoms. The highest BCUT2D eigenvalue weighted by molar-refractivity contribution is 7.55. The molecule has 2 aliphatic rings. The van der Waals surface area contributed by atoms with Gasteiger partial charge in [-0.3, -0.25) is 4.57 Å². The second kappa shape index (κ2) is 28.1. The first kappa shape index (κ1) is 55.9. The van der Waals surface area contributed by atoms with Gasteiger partial charge in [-0.05, 0) is 46.0 Å². The largest absolute Gasteiger partial charge is 0.491 e. The first-order chi connectivity index (χ1) is 36.7. The number of nitrogens with zero attached hydrogens (tertiary/aromatic N) is 5. The van der Waals surface area contributed by atoms with Gasteiger partial charge in [-0.2, -0.15) is 15.1 Å². The average Bonchev–Trinajstić information content (AvgIpc) is 3.97. The van der Waals surface area contributed by atoms with Crippen molar-refractivity contribution in [2.75, 3.05) is 97.3 Å². The number of anilines is 1. The molecule has 0 amide bonds. The van der Waals surface area contributed by atoms with Crippen molar-refractivity contribution < 1.29 is 66.8 Å². The van der Waals surface area contributed by atoms with Crippen LogP contribution in [0.25, 0.3) is 11.0 Å². The van der Waals surface area contributed by atoms with Gasteiger partial charge in [0.1, 0.15) is 43.1 Å². The number of aliphatic hydroxyl groups is 3. The van der Waals surface area contributed by atoms with Crippen molar-refractivity contribution in [1.29, 1.82) is 0 Å². The molecule has 3 N–H and O–H groups in total. The highest BCUT2D eigenvalue weighted by Crippen LogP contribution is 2.62. The van der Waals surface area contributed by atoms with E-state index in [1.807, 2.05) is 91.0 Å². The fourth-order valence-electron chi connectivity index (χ4n) is 8.35. The number of fused-ring (bicyclic) bond motifs is 1. The summed E-state index contributed by atoms with van der Waals surface area (Å²) < 4.78 is 75.4. The first-order valence-corrected chi connectivity index (χ1v) is 26.6. The summed E-state index contributed by atoms with van der Waals surface area (Å²) in [6, 6.07) is 35.4. The molecule has 0 saturated carbocycles. The highest BCUT2D eigenvalue weighted by atomic mass is 35.5. The summed E-state index contributed by atoms with van der Waals surface area (Å²) in [6.07, 6.45) is 1.12. The van der Waals surface area contributed by atoms with E-state index in [2.05, 4.69) is 25.9 Å². The Labute approximate surface area is 441 Å². The van der Waals surface area contributed by atoms with E-state index in [1.165, 1.54) is 4.68 Å². The molecular formula is C54H63ClN5O14P. The highest BCUT2D eigenvalue weighted by Gasteiger charge is 2.55. The Hall–Kier alpha value is -5.37. The predicted molar refractivity (Wildman–Crippen MR) is 277 cm³/mol. The SMILES string of the molecule is C#CCOCCOCCOCCOCCOc1ccc(C2CN(c3nc(Cl)nc4c3cnn4[C@@H]3O[C@H](COC(CO)(COCc4ccccc4)P(=O)(OCc4ccccc4)OCc4ccccc4)[C@@H](O)[C@H]3O)C2)cc1. The Kier molecular flexibility index (Phi) is 20.9. The van der Waals surface area contributed by atoms with Gasteiger partial charge < -0.3 is 67.2 Å². The summed E-state index contributed by atoms with van der Waals surface area (Å²) in [4.78, 5) is 11.1. The van der Waals surface area contributed by atoms with Crippen molar-refractivity contribution in [2.45, 2.75) is 55.6 Å². The molecule has 2 aromatic heterocycles. The van der Waals surface area contributed by atoms with Gasteiger partial charge >= 0.3 is 7.60 Å². The van der Waals surface area contributed by atoms with Crippen LogP contribution in [0.15, 0.2) is 121 Å². The summed E-state index contributed by atoms with van der Waals surface area (Å²) in [6.45, 7) is 3.03. The van der Waals surface area contributed by atoms with E-state index in [4.69, 9.17) is 65.0 Å². The standard InChI is InChI=1S/C54H63ClN5O14P/c1-2-22-65-23-24-66-25-26-67-27-28-68-29-30-70-45-20-18-43(19-21-45)44-32-59(33-44)50-46-31-56-60(51(46)58-53(55)57-50)52-49(63)48(62)47(74-52)37-71-54(38-61,39-69-34-40-12-6-3-7-13-40)75(64,72-35-41-14-8-4-9-15-41)73-36-42-16-10-5-11-17-42/h1,3-21,31,44,47-49,52,61-63H,22-30,32-39H2/t47-,48-,49-,52-,54?/m1/s1. The molecule has 1 unspecified atom stereocenters. The lowest BCUT2D eigenvalue weighted by molar-refractivity contribution is -0.134. The number of ether oxygens (including phenoxy) is 8. The van der Waals surface area contributed by atoms with E-state index >= 15 is 4.57 Å². The van der Waals surface area contributed by atoms with Crippen LogP contribution in [-0.2, 0) is 66.6 Å². The minimum atomic E-state index is -4.53. The molecule has 19 nitrogen and oxygen atoms in total. The molecule has 0 radical (unpaired) electrons. The average molecular weight is 1070 g/mol. The molecule has 8 rings (SSSR count). The minimum Gasteiger partial charge on any atom is -0.491 e. The van der Waals surface area contributed by atoms with Gasteiger partial charge in [-0.25, -0.2) is 4.68 Å². The van der Waals surface area contributed by atoms with Gasteiger partial charge in [0.05, 0.1) is 97.5 Å². The van der Waals surface area contributed by atoms with E-state index in [1.54, 1.807) is 30.5 Å². The van der Waals surface area contributed by atoms with Crippen LogP contribution in [0.2, 0.25) is 5.28 Å². The number of aliphatic hydroxyl groups excluding tert-OH is 3. The zero-order chi connectivity index (χ0) is 52.3. The van der Waals surface area contributed by atoms with Crippen LogP contribution in [0.1, 0.15) is 34.4 Å². The topological polar surface area (TPSA) is 217 Å². The quantitative estimate of drug-likeness (QED) is 0.0182. The normalized spacial score (nSPS) is 18.7. The van der Waals surface area contributed by atoms with E-state index < -0.39 is 57.3 Å². The summed E-state index contributed by atoms with van der Waals surface area (Å²) in [7, 11) is -4.53. The summed E-state index contributed by atoms with van der Waals surface area (Å²) in [5.41, 5.74) is 3.59. The van der Waals surface area contributed by atoms with Crippen molar-refractivity contribution >= 4 is 36.0 Å². The van der Waals surface area contributed by atoms with Crippen molar-refractivity contribution in [1.82, 2.24) is 19.7 Å². The van der Waals surface area contributed by atoms with E-state index in [9.17, 15) is 15.3 Å². The number of benzene rings is 4. The number of aromatic nitrogens is 4. The first-order valence-electron chi connectivity index (χ1n) is 24.7. The van der Waals surface area contributed by atoms with Crippen LogP contribution in [0.4, 0.5) is 5.82 Å². The molecule has 0 aliphatic carbocycles. The van der Waals surface area contributed by atoms with Crippen molar-refractivity contribution in [2.24, 2.45) is 0 Å². The number of hydrogen-bond donors (Lipinski definition) is 3. The van der Waals surface area contributed by atoms with Crippen molar-refractivity contribution in [3.8, 4) is 18.1 Å². The van der Waals surface area contributed by atoms with Gasteiger partial charge in [-0.1, -0.05) is 109 Å². The predicted octanol–water partition coefficient (Wildman–Crippen LogP) is 6.33. The zero-order valence-electron chi connectivity index (χ0n) is 41.4. The number of terminal acetylenes is 1. The molecule has 2 fully saturated rings. The van der Waals surface area contributed by atoms with Crippen LogP contribution < -0.4 is 9.64 Å². The van der Waals surface area contributed by atoms with E-state index in [0.29, 0.717) is 88.3 Å². The zero-order valence-corrected chi connectivity index (χ0v) is 43.1. The lowest BCUT2D eigenvalue weighted by Gasteiger charge is -2.40. The molecule has 5 atom stereocenters. The number of rotatable bonds is 32. The third kappa shape index (κ3) is 15.0. The van der Waals surface area contributed by atoms with Crippen LogP contribution in [0.5, 0.6) is 5.75 Å². The Morgan fingerprint density at radius 1 is 0.720 bits per heavy atom. The van der Waals surface area contributed by atoms with Gasteiger partial charge in [0.2, 0.25) is 10.6 Å². The summed E-state index contributed by atoms with van der Waals surface area (Å²) in [5.74, 6) is 3.88. The number of halogens is 1. The number of hydrogen-bond acceptors (Lipinski definition) is 18. The third-order valence-electron chi connectivity index (χ3n) is 12.5. The van der Waals surface area contributed by atoms with Crippen molar-refractivity contribution in [3.63, 3.8) is 0 Å². The van der Waals surface area contributed by atoms with Crippen LogP contribution in [0.3, 0.4) is 0 Å². The molecular weight excluding hydrogens is 1010 g/mol. The maximum atomic E-state index is 15.4. The summed E-state index contributed by atoms with van der Waals surface area (Å²) in [5, 5.41) is 37.2. The van der Waals surface area contributed by atoms with Crippen molar-refractivity contribution in [3.05, 3.63) is 149 Å². The molecule has 6 aromatic rings. The second-order valence-electron chi connectivity index (χ2n) is 17.7. The molecule has 21 heteroatoms. The van der Waals surface area contributed by atoms with Crippen LogP contribution in [0, 0.1) is 12.3 Å². The van der Waals surface area contributed by atoms with Gasteiger partial charge in [-0.15, -0.1) is 6.42 Å². The monoisotopic (exact) mass is 1070 g/mol. The second-order valence-corrected chi connectivity index (χ2v) is 20.4. The lowest BCUT2D eigenvalue weighted by atomic mass is 9.91. The Morgan fingerprint density at radius 2 is 1.28 bits per heavy atom.